The topological polar surface area (TPSA) is 135 Å². The number of nitrogens with zero attached hydrogens (tertiary/aromatic N) is 3. The number of carbonyl (C=O) groups is 5. The first-order chi connectivity index (χ1) is 17.8. The first-order valence-electron chi connectivity index (χ1n) is 12.4. The van der Waals surface area contributed by atoms with Crippen molar-refractivity contribution in [1.29, 1.82) is 0 Å². The molecule has 3 rings (SSSR count). The second-order valence-electron chi connectivity index (χ2n) is 10.3. The molecule has 11 nitrogen and oxygen atoms in total. The zero-order valence-corrected chi connectivity index (χ0v) is 24.2. The van der Waals surface area contributed by atoms with Crippen molar-refractivity contribution in [2.45, 2.75) is 53.4 Å². The Labute approximate surface area is 228 Å². The summed E-state index contributed by atoms with van der Waals surface area (Å²) < 4.78 is 5.33. The van der Waals surface area contributed by atoms with Crippen LogP contribution in [0.5, 0.6) is 0 Å². The Bertz CT molecular complexity index is 1050. The Balaban J connectivity index is 0.000000312. The number of carbonyl (C=O) groups excluding carboxylic acids is 5. The molecule has 1 fully saturated rings. The molecule has 0 radical (unpaired) electrons. The minimum absolute atomic E-state index is 0.124. The number of hydrogen-bond donors (Lipinski definition) is 1. The van der Waals surface area contributed by atoms with Gasteiger partial charge in [0.05, 0.1) is 5.92 Å². The summed E-state index contributed by atoms with van der Waals surface area (Å²) in [4.78, 5) is 65.9. The number of ether oxygens (including phenoxy) is 1. The molecule has 0 aromatic carbocycles. The van der Waals surface area contributed by atoms with Gasteiger partial charge in [0.2, 0.25) is 5.04 Å². The number of hydrogen-bond acceptors (Lipinski definition) is 9. The second-order valence-corrected chi connectivity index (χ2v) is 11.1. The molecule has 2 unspecified atom stereocenters. The highest BCUT2D eigenvalue weighted by atomic mass is 32.2. The van der Waals surface area contributed by atoms with E-state index in [-0.39, 0.29) is 52.7 Å². The number of imide groups is 1. The molecule has 0 bridgehead atoms. The lowest BCUT2D eigenvalue weighted by Crippen LogP contribution is -2.35. The first-order valence-corrected chi connectivity index (χ1v) is 13.6. The van der Waals surface area contributed by atoms with Crippen molar-refractivity contribution in [3.05, 3.63) is 22.8 Å². The van der Waals surface area contributed by atoms with Gasteiger partial charge >= 0.3 is 12.1 Å². The van der Waals surface area contributed by atoms with Gasteiger partial charge in [-0.1, -0.05) is 30.7 Å². The fourth-order valence-corrected chi connectivity index (χ4v) is 4.88. The van der Waals surface area contributed by atoms with E-state index in [9.17, 15) is 24.0 Å². The van der Waals surface area contributed by atoms with E-state index in [1.807, 2.05) is 27.7 Å². The van der Waals surface area contributed by atoms with Crippen LogP contribution in [0.2, 0.25) is 0 Å². The largest absolute Gasteiger partial charge is 0.443 e. The molecule has 3 aliphatic rings. The molecule has 0 spiro atoms. The van der Waals surface area contributed by atoms with Gasteiger partial charge in [0.15, 0.2) is 6.73 Å². The van der Waals surface area contributed by atoms with Gasteiger partial charge in [-0.3, -0.25) is 24.0 Å². The molecule has 12 heteroatoms. The summed E-state index contributed by atoms with van der Waals surface area (Å²) >= 11 is 1.11. The second kappa shape index (κ2) is 13.1. The highest BCUT2D eigenvalue weighted by Gasteiger charge is 2.61. The Morgan fingerprint density at radius 3 is 2.13 bits per heavy atom. The Morgan fingerprint density at radius 2 is 1.68 bits per heavy atom. The smallest absolute Gasteiger partial charge is 0.433 e. The molecule has 210 valence electrons. The van der Waals surface area contributed by atoms with Gasteiger partial charge in [-0.25, -0.2) is 9.69 Å². The van der Waals surface area contributed by atoms with E-state index in [2.05, 4.69) is 21.4 Å². The lowest BCUT2D eigenvalue weighted by atomic mass is 9.93. The fraction of sp³-hybridized carbons (Fsp3) is 0.615. The molecular weight excluding hydrogens is 512 g/mol. The van der Waals surface area contributed by atoms with Crippen molar-refractivity contribution in [1.82, 2.24) is 15.1 Å². The molecular formula is C26H38N4O7S. The molecule has 2 atom stereocenters. The lowest BCUT2D eigenvalue weighted by Gasteiger charge is -2.15. The third-order valence-corrected chi connectivity index (χ3v) is 7.32. The molecule has 0 aromatic rings. The molecule has 1 saturated carbocycles. The molecule has 2 aliphatic carbocycles. The highest BCUT2D eigenvalue weighted by molar-refractivity contribution is 8.15. The Morgan fingerprint density at radius 1 is 1.13 bits per heavy atom. The van der Waals surface area contributed by atoms with Crippen LogP contribution in [0, 0.1) is 17.3 Å². The highest BCUT2D eigenvalue weighted by Crippen LogP contribution is 2.59. The third kappa shape index (κ3) is 7.24. The van der Waals surface area contributed by atoms with E-state index in [0.717, 1.165) is 29.5 Å². The van der Waals surface area contributed by atoms with Crippen LogP contribution in [0.4, 0.5) is 4.79 Å². The molecule has 0 saturated heterocycles. The van der Waals surface area contributed by atoms with Gasteiger partial charge in [-0.05, 0) is 57.1 Å². The number of allylic oxidation sites excluding steroid dienone is 2. The average Bonchev–Trinajstić information content (AvgIpc) is 3.31. The van der Waals surface area contributed by atoms with Crippen LogP contribution in [-0.2, 0) is 28.8 Å². The fourth-order valence-electron chi connectivity index (χ4n) is 4.41. The zero-order chi connectivity index (χ0) is 28.8. The van der Waals surface area contributed by atoms with Crippen molar-refractivity contribution in [3.8, 4) is 0 Å². The Hall–Kier alpha value is -3.15. The van der Waals surface area contributed by atoms with E-state index in [0.29, 0.717) is 24.0 Å². The minimum Gasteiger partial charge on any atom is -0.443 e. The molecule has 38 heavy (non-hydrogen) atoms. The van der Waals surface area contributed by atoms with Crippen LogP contribution in [0.25, 0.3) is 0 Å². The van der Waals surface area contributed by atoms with Crippen molar-refractivity contribution in [2.24, 2.45) is 22.4 Å². The monoisotopic (exact) mass is 550 g/mol. The van der Waals surface area contributed by atoms with E-state index in [1.165, 1.54) is 17.5 Å². The summed E-state index contributed by atoms with van der Waals surface area (Å²) in [5.41, 5.74) is 2.28. The van der Waals surface area contributed by atoms with E-state index < -0.39 is 6.09 Å². The molecule has 1 heterocycles. The van der Waals surface area contributed by atoms with Crippen LogP contribution >= 0.6 is 11.8 Å². The summed E-state index contributed by atoms with van der Waals surface area (Å²) in [6.07, 6.45) is 6.25. The van der Waals surface area contributed by atoms with Crippen LogP contribution in [-0.4, -0.2) is 78.8 Å². The summed E-state index contributed by atoms with van der Waals surface area (Å²) in [5.74, 6) is -1.24. The number of thioether (sulfide) groups is 1. The van der Waals surface area contributed by atoms with Crippen LogP contribution in [0.3, 0.4) is 0 Å². The minimum atomic E-state index is -0.705. The van der Waals surface area contributed by atoms with Crippen LogP contribution in [0.1, 0.15) is 53.4 Å². The first kappa shape index (κ1) is 31.1. The average molecular weight is 551 g/mol. The third-order valence-electron chi connectivity index (χ3n) is 6.69. The van der Waals surface area contributed by atoms with Crippen molar-refractivity contribution in [3.63, 3.8) is 0 Å². The van der Waals surface area contributed by atoms with E-state index in [4.69, 9.17) is 4.74 Å². The standard InChI is InChI=1S/C19H25NO4.C7H13N3O3S/c1-11(2)9-14-15(19(14,3)4)18(23)24-10-20-16(21)12-7-5-6-8-13(12)17(20)22;1-8-7(12)13-9-5(14-4)6(11)10(2)3/h9,14-15H,5-8,10H2,1-4H3;1-4H3,(H,8,12). The van der Waals surface area contributed by atoms with Gasteiger partial charge in [0.1, 0.15) is 0 Å². The van der Waals surface area contributed by atoms with Gasteiger partial charge in [-0.15, -0.1) is 11.8 Å². The normalized spacial score (nSPS) is 21.6. The molecule has 0 aromatic heterocycles. The van der Waals surface area contributed by atoms with Gasteiger partial charge in [0, 0.05) is 32.3 Å². The summed E-state index contributed by atoms with van der Waals surface area (Å²) in [5, 5.41) is 5.74. The quantitative estimate of drug-likeness (QED) is 0.105. The maximum absolute atomic E-state index is 12.4. The number of rotatable bonds is 5. The zero-order valence-electron chi connectivity index (χ0n) is 23.4. The number of esters is 1. The number of amides is 4. The summed E-state index contributed by atoms with van der Waals surface area (Å²) in [6, 6.07) is 0. The summed E-state index contributed by atoms with van der Waals surface area (Å²) in [7, 11) is 4.59. The molecule has 1 N–H and O–H groups in total. The van der Waals surface area contributed by atoms with Crippen molar-refractivity contribution < 1.29 is 33.5 Å². The van der Waals surface area contributed by atoms with Gasteiger partial charge in [-0.2, -0.15) is 0 Å². The SMILES string of the molecule is CC(C)=CC1C(C(=O)OCN2C(=O)C3=C(CCCC3)C2=O)C1(C)C.CNC(=O)ON=C(SC)C(=O)N(C)C. The van der Waals surface area contributed by atoms with Crippen LogP contribution < -0.4 is 5.32 Å². The van der Waals surface area contributed by atoms with Crippen molar-refractivity contribution in [2.75, 3.05) is 34.1 Å². The predicted octanol–water partition coefficient (Wildman–Crippen LogP) is 3.07. The van der Waals surface area contributed by atoms with Crippen molar-refractivity contribution >= 4 is 46.6 Å². The summed E-state index contributed by atoms with van der Waals surface area (Å²) in [6.45, 7) is 7.83. The maximum Gasteiger partial charge on any atom is 0.433 e. The number of nitrogens with one attached hydrogen (secondary N) is 1. The number of oxime groups is 1. The van der Waals surface area contributed by atoms with Crippen LogP contribution in [0.15, 0.2) is 28.0 Å². The Kier molecular flexibility index (Phi) is 10.7. The van der Waals surface area contributed by atoms with E-state index >= 15 is 0 Å². The van der Waals surface area contributed by atoms with E-state index in [1.54, 1.807) is 20.4 Å². The molecule has 4 amide bonds. The lowest BCUT2D eigenvalue weighted by molar-refractivity contribution is -0.156. The maximum atomic E-state index is 12.4. The predicted molar refractivity (Wildman–Crippen MR) is 144 cm³/mol. The van der Waals surface area contributed by atoms with Gasteiger partial charge in [0.25, 0.3) is 17.7 Å². The molecule has 1 aliphatic heterocycles. The van der Waals surface area contributed by atoms with Gasteiger partial charge < -0.3 is 15.0 Å².